The predicted molar refractivity (Wildman–Crippen MR) is 70.8 cm³/mol. The zero-order chi connectivity index (χ0) is 12.8. The lowest BCUT2D eigenvalue weighted by atomic mass is 9.88. The van der Waals surface area contributed by atoms with Crippen LogP contribution in [0.15, 0.2) is 48.8 Å². The fraction of sp³-hybridized carbons (Fsp3) is 0.267. The summed E-state index contributed by atoms with van der Waals surface area (Å²) in [6, 6.07) is 10.7. The Labute approximate surface area is 107 Å². The highest BCUT2D eigenvalue weighted by molar-refractivity contribution is 5.31. The summed E-state index contributed by atoms with van der Waals surface area (Å²) in [5, 5.41) is 0. The Kier molecular flexibility index (Phi) is 4.42. The highest BCUT2D eigenvalue weighted by atomic mass is 19.1. The van der Waals surface area contributed by atoms with E-state index in [1.807, 2.05) is 24.3 Å². The van der Waals surface area contributed by atoms with Gasteiger partial charge in [-0.25, -0.2) is 4.39 Å². The van der Waals surface area contributed by atoms with Crippen molar-refractivity contribution in [3.05, 3.63) is 65.7 Å². The summed E-state index contributed by atoms with van der Waals surface area (Å²) in [4.78, 5) is 4.03. The Morgan fingerprint density at radius 1 is 1.00 bits per heavy atom. The second kappa shape index (κ2) is 6.26. The molecule has 1 aromatic carbocycles. The molecule has 1 atom stereocenters. The first-order valence-corrected chi connectivity index (χ1v) is 6.16. The second-order valence-corrected chi connectivity index (χ2v) is 4.32. The van der Waals surface area contributed by atoms with Gasteiger partial charge in [0.25, 0.3) is 0 Å². The fourth-order valence-corrected chi connectivity index (χ4v) is 2.14. The molecule has 0 spiro atoms. The van der Waals surface area contributed by atoms with Crippen molar-refractivity contribution in [3.8, 4) is 0 Å². The lowest BCUT2D eigenvalue weighted by Crippen LogP contribution is -2.06. The van der Waals surface area contributed by atoms with E-state index in [1.165, 1.54) is 17.7 Å². The molecule has 3 heteroatoms. The maximum atomic E-state index is 13.0. The average molecular weight is 244 g/mol. The number of aromatic nitrogens is 1. The van der Waals surface area contributed by atoms with Crippen LogP contribution in [0.2, 0.25) is 0 Å². The summed E-state index contributed by atoms with van der Waals surface area (Å²) in [5.74, 6) is 0.0585. The molecule has 0 bridgehead atoms. The van der Waals surface area contributed by atoms with Gasteiger partial charge in [-0.05, 0) is 54.8 Å². The Morgan fingerprint density at radius 3 is 2.22 bits per heavy atom. The Hall–Kier alpha value is -1.74. The quantitative estimate of drug-likeness (QED) is 0.877. The van der Waals surface area contributed by atoms with Gasteiger partial charge in [0.1, 0.15) is 5.82 Å². The van der Waals surface area contributed by atoms with Crippen LogP contribution in [0.5, 0.6) is 0 Å². The van der Waals surface area contributed by atoms with E-state index in [9.17, 15) is 4.39 Å². The molecule has 0 saturated carbocycles. The van der Waals surface area contributed by atoms with Crippen molar-refractivity contribution in [3.63, 3.8) is 0 Å². The zero-order valence-corrected chi connectivity index (χ0v) is 10.2. The molecular weight excluding hydrogens is 227 g/mol. The smallest absolute Gasteiger partial charge is 0.123 e. The van der Waals surface area contributed by atoms with Crippen molar-refractivity contribution >= 4 is 0 Å². The number of rotatable bonds is 5. The number of pyridine rings is 1. The first kappa shape index (κ1) is 12.7. The molecule has 0 fully saturated rings. The zero-order valence-electron chi connectivity index (χ0n) is 10.2. The largest absolute Gasteiger partial charge is 0.330 e. The third-order valence-corrected chi connectivity index (χ3v) is 3.08. The highest BCUT2D eigenvalue weighted by Gasteiger charge is 2.13. The van der Waals surface area contributed by atoms with E-state index in [2.05, 4.69) is 4.98 Å². The summed E-state index contributed by atoms with van der Waals surface area (Å²) < 4.78 is 13.0. The van der Waals surface area contributed by atoms with Crippen molar-refractivity contribution in [1.82, 2.24) is 4.98 Å². The molecular formula is C15H17FN2. The van der Waals surface area contributed by atoms with Crippen LogP contribution in [0.4, 0.5) is 4.39 Å². The molecule has 0 aliphatic carbocycles. The van der Waals surface area contributed by atoms with Crippen LogP contribution in [0.3, 0.4) is 0 Å². The van der Waals surface area contributed by atoms with Crippen LogP contribution >= 0.6 is 0 Å². The third kappa shape index (κ3) is 3.14. The number of nitrogens with zero attached hydrogens (tertiary/aromatic N) is 1. The molecule has 1 aromatic heterocycles. The Balaban J connectivity index is 2.27. The molecule has 94 valence electrons. The normalized spacial score (nSPS) is 12.3. The topological polar surface area (TPSA) is 38.9 Å². The van der Waals surface area contributed by atoms with E-state index in [1.54, 1.807) is 12.4 Å². The molecule has 0 radical (unpaired) electrons. The van der Waals surface area contributed by atoms with Gasteiger partial charge in [-0.1, -0.05) is 12.1 Å². The summed E-state index contributed by atoms with van der Waals surface area (Å²) in [5.41, 5.74) is 7.91. The lowest BCUT2D eigenvalue weighted by Gasteiger charge is -2.17. The Bertz CT molecular complexity index is 468. The van der Waals surface area contributed by atoms with Crippen LogP contribution in [0, 0.1) is 5.82 Å². The minimum absolute atomic E-state index is 0.203. The van der Waals surface area contributed by atoms with Crippen LogP contribution in [-0.4, -0.2) is 11.5 Å². The van der Waals surface area contributed by atoms with Crippen LogP contribution in [0.25, 0.3) is 0 Å². The van der Waals surface area contributed by atoms with Gasteiger partial charge in [0.15, 0.2) is 0 Å². The Morgan fingerprint density at radius 2 is 1.61 bits per heavy atom. The molecule has 18 heavy (non-hydrogen) atoms. The van der Waals surface area contributed by atoms with Crippen molar-refractivity contribution in [2.45, 2.75) is 18.8 Å². The molecule has 0 aliphatic heterocycles. The van der Waals surface area contributed by atoms with Gasteiger partial charge in [-0.3, -0.25) is 4.98 Å². The first-order chi connectivity index (χ1) is 8.81. The predicted octanol–water partition coefficient (Wildman–Crippen LogP) is 3.09. The molecule has 2 N–H and O–H groups in total. The van der Waals surface area contributed by atoms with Crippen molar-refractivity contribution in [2.24, 2.45) is 5.73 Å². The van der Waals surface area contributed by atoms with E-state index < -0.39 is 0 Å². The fourth-order valence-electron chi connectivity index (χ4n) is 2.14. The second-order valence-electron chi connectivity index (χ2n) is 4.32. The van der Waals surface area contributed by atoms with Crippen molar-refractivity contribution < 1.29 is 4.39 Å². The van der Waals surface area contributed by atoms with Gasteiger partial charge in [-0.15, -0.1) is 0 Å². The summed E-state index contributed by atoms with van der Waals surface area (Å²) in [6.45, 7) is 0.669. The van der Waals surface area contributed by atoms with E-state index in [0.717, 1.165) is 18.4 Å². The highest BCUT2D eigenvalue weighted by Crippen LogP contribution is 2.28. The minimum Gasteiger partial charge on any atom is -0.330 e. The number of halogens is 1. The third-order valence-electron chi connectivity index (χ3n) is 3.08. The number of nitrogens with two attached hydrogens (primary N) is 1. The van der Waals surface area contributed by atoms with Crippen LogP contribution in [-0.2, 0) is 0 Å². The van der Waals surface area contributed by atoms with Crippen molar-refractivity contribution in [1.29, 1.82) is 0 Å². The van der Waals surface area contributed by atoms with Gasteiger partial charge < -0.3 is 5.73 Å². The molecule has 2 aromatic rings. The lowest BCUT2D eigenvalue weighted by molar-refractivity contribution is 0.623. The van der Waals surface area contributed by atoms with E-state index >= 15 is 0 Å². The maximum absolute atomic E-state index is 13.0. The molecule has 0 aliphatic rings. The van der Waals surface area contributed by atoms with Gasteiger partial charge in [0, 0.05) is 18.3 Å². The van der Waals surface area contributed by atoms with Crippen molar-refractivity contribution in [2.75, 3.05) is 6.54 Å². The summed E-state index contributed by atoms with van der Waals surface area (Å²) in [7, 11) is 0. The van der Waals surface area contributed by atoms with E-state index in [0.29, 0.717) is 6.54 Å². The van der Waals surface area contributed by atoms with Crippen LogP contribution in [0.1, 0.15) is 29.9 Å². The monoisotopic (exact) mass is 244 g/mol. The molecule has 1 heterocycles. The first-order valence-electron chi connectivity index (χ1n) is 6.16. The number of hydrogen-bond donors (Lipinski definition) is 1. The molecule has 0 saturated heterocycles. The standard InChI is InChI=1S/C15H17FN2/c16-14-5-3-12(4-6-14)15(2-1-9-17)13-7-10-18-11-8-13/h3-8,10-11,15H,1-2,9,17H2. The minimum atomic E-state index is -0.203. The molecule has 1 unspecified atom stereocenters. The number of benzene rings is 1. The van der Waals surface area contributed by atoms with Crippen LogP contribution < -0.4 is 5.73 Å². The summed E-state index contributed by atoms with van der Waals surface area (Å²) >= 11 is 0. The van der Waals surface area contributed by atoms with Gasteiger partial charge in [-0.2, -0.15) is 0 Å². The number of hydrogen-bond acceptors (Lipinski definition) is 2. The average Bonchev–Trinajstić information content (AvgIpc) is 2.42. The molecule has 2 nitrogen and oxygen atoms in total. The molecule has 0 amide bonds. The van der Waals surface area contributed by atoms with Gasteiger partial charge in [0.2, 0.25) is 0 Å². The molecule has 2 rings (SSSR count). The van der Waals surface area contributed by atoms with E-state index in [4.69, 9.17) is 5.73 Å². The SMILES string of the molecule is NCCCC(c1ccncc1)c1ccc(F)cc1. The van der Waals surface area contributed by atoms with Gasteiger partial charge >= 0.3 is 0 Å². The van der Waals surface area contributed by atoms with E-state index in [-0.39, 0.29) is 11.7 Å². The summed E-state index contributed by atoms with van der Waals surface area (Å²) in [6.07, 6.45) is 5.49. The van der Waals surface area contributed by atoms with Gasteiger partial charge in [0.05, 0.1) is 0 Å². The maximum Gasteiger partial charge on any atom is 0.123 e.